The first-order valence-electron chi connectivity index (χ1n) is 8.33. The van der Waals surface area contributed by atoms with Crippen LogP contribution in [0.2, 0.25) is 0 Å². The number of fused-ring (bicyclic) bond motifs is 1. The Morgan fingerprint density at radius 1 is 1.18 bits per heavy atom. The van der Waals surface area contributed by atoms with E-state index in [0.29, 0.717) is 6.04 Å². The standard InChI is InChI=1S/C19H26FNO/c1-5-13-10-14-11-18(19(2,3)4)21(17(14)12-16(13)20)15-6-8-22-9-7-15/h10-12,15H,5-9H2,1-4H3. The number of hydrogen-bond donors (Lipinski definition) is 0. The molecule has 0 unspecified atom stereocenters. The fourth-order valence-corrected chi connectivity index (χ4v) is 3.48. The molecule has 0 spiro atoms. The normalized spacial score (nSPS) is 17.3. The molecule has 1 aliphatic heterocycles. The van der Waals surface area contributed by atoms with Gasteiger partial charge in [0.15, 0.2) is 0 Å². The topological polar surface area (TPSA) is 14.2 Å². The first-order chi connectivity index (χ1) is 10.4. The van der Waals surface area contributed by atoms with Crippen molar-refractivity contribution in [2.24, 2.45) is 0 Å². The molecule has 0 amide bonds. The van der Waals surface area contributed by atoms with E-state index in [4.69, 9.17) is 4.74 Å². The third kappa shape index (κ3) is 2.67. The maximum atomic E-state index is 14.3. The molecule has 2 aromatic rings. The highest BCUT2D eigenvalue weighted by atomic mass is 19.1. The van der Waals surface area contributed by atoms with Gasteiger partial charge >= 0.3 is 0 Å². The fraction of sp³-hybridized carbons (Fsp3) is 0.579. The summed E-state index contributed by atoms with van der Waals surface area (Å²) < 4.78 is 22.2. The van der Waals surface area contributed by atoms with Gasteiger partial charge in [0, 0.05) is 35.8 Å². The molecule has 0 aliphatic carbocycles. The van der Waals surface area contributed by atoms with Crippen molar-refractivity contribution in [1.29, 1.82) is 0 Å². The molecule has 2 nitrogen and oxygen atoms in total. The SMILES string of the molecule is CCc1cc2cc(C(C)(C)C)n(C3CCOCC3)c2cc1F. The van der Waals surface area contributed by atoms with Gasteiger partial charge in [-0.25, -0.2) is 4.39 Å². The Morgan fingerprint density at radius 2 is 1.86 bits per heavy atom. The minimum absolute atomic E-state index is 0.0418. The second-order valence-corrected chi connectivity index (χ2v) is 7.35. The molecule has 0 bridgehead atoms. The largest absolute Gasteiger partial charge is 0.381 e. The Kier molecular flexibility index (Phi) is 4.02. The molecule has 1 aromatic heterocycles. The molecule has 1 aromatic carbocycles. The van der Waals surface area contributed by atoms with Crippen LogP contribution in [0.3, 0.4) is 0 Å². The molecule has 0 radical (unpaired) electrons. The third-order valence-electron chi connectivity index (χ3n) is 4.71. The lowest BCUT2D eigenvalue weighted by Gasteiger charge is -2.30. The van der Waals surface area contributed by atoms with Gasteiger partial charge in [-0.05, 0) is 43.0 Å². The van der Waals surface area contributed by atoms with E-state index >= 15 is 0 Å². The van der Waals surface area contributed by atoms with E-state index in [2.05, 4.69) is 31.4 Å². The van der Waals surface area contributed by atoms with Gasteiger partial charge in [-0.3, -0.25) is 0 Å². The molecule has 120 valence electrons. The summed E-state index contributed by atoms with van der Waals surface area (Å²) in [6.45, 7) is 10.3. The van der Waals surface area contributed by atoms with Crippen molar-refractivity contribution in [2.45, 2.75) is 58.4 Å². The zero-order valence-electron chi connectivity index (χ0n) is 14.1. The summed E-state index contributed by atoms with van der Waals surface area (Å²) in [5.41, 5.74) is 3.17. The maximum absolute atomic E-state index is 14.3. The number of nitrogens with zero attached hydrogens (tertiary/aromatic N) is 1. The summed E-state index contributed by atoms with van der Waals surface area (Å²) in [7, 11) is 0. The van der Waals surface area contributed by atoms with Crippen molar-refractivity contribution in [3.8, 4) is 0 Å². The Hall–Kier alpha value is -1.35. The summed E-state index contributed by atoms with van der Waals surface area (Å²) >= 11 is 0. The van der Waals surface area contributed by atoms with Crippen molar-refractivity contribution >= 4 is 10.9 Å². The number of rotatable bonds is 2. The number of aromatic nitrogens is 1. The molecular weight excluding hydrogens is 277 g/mol. The number of benzene rings is 1. The quantitative estimate of drug-likeness (QED) is 0.762. The average molecular weight is 303 g/mol. The Bertz CT molecular complexity index is 675. The van der Waals surface area contributed by atoms with E-state index in [-0.39, 0.29) is 11.2 Å². The van der Waals surface area contributed by atoms with E-state index in [1.165, 1.54) is 5.69 Å². The van der Waals surface area contributed by atoms with Crippen LogP contribution >= 0.6 is 0 Å². The fourth-order valence-electron chi connectivity index (χ4n) is 3.48. The van der Waals surface area contributed by atoms with Crippen molar-refractivity contribution < 1.29 is 9.13 Å². The monoisotopic (exact) mass is 303 g/mol. The highest BCUT2D eigenvalue weighted by Gasteiger charge is 2.27. The summed E-state index contributed by atoms with van der Waals surface area (Å²) in [5.74, 6) is -0.0816. The van der Waals surface area contributed by atoms with Crippen LogP contribution in [0.1, 0.15) is 57.8 Å². The van der Waals surface area contributed by atoms with Crippen molar-refractivity contribution in [1.82, 2.24) is 4.57 Å². The van der Waals surface area contributed by atoms with Crippen molar-refractivity contribution in [3.05, 3.63) is 35.3 Å². The molecule has 0 N–H and O–H groups in total. The minimum Gasteiger partial charge on any atom is -0.381 e. The van der Waals surface area contributed by atoms with Gasteiger partial charge in [-0.2, -0.15) is 0 Å². The van der Waals surface area contributed by atoms with Crippen LogP contribution in [0.15, 0.2) is 18.2 Å². The highest BCUT2D eigenvalue weighted by Crippen LogP contribution is 2.36. The van der Waals surface area contributed by atoms with E-state index in [9.17, 15) is 4.39 Å². The summed E-state index contributed by atoms with van der Waals surface area (Å²) in [6, 6.07) is 6.42. The molecule has 2 heterocycles. The number of aryl methyl sites for hydroxylation is 1. The molecular formula is C19H26FNO. The second kappa shape index (κ2) is 5.69. The van der Waals surface area contributed by atoms with Crippen LogP contribution in [-0.4, -0.2) is 17.8 Å². The lowest BCUT2D eigenvalue weighted by Crippen LogP contribution is -2.25. The smallest absolute Gasteiger partial charge is 0.128 e. The first kappa shape index (κ1) is 15.5. The van der Waals surface area contributed by atoms with E-state index in [1.54, 1.807) is 6.07 Å². The van der Waals surface area contributed by atoms with Crippen LogP contribution in [0.25, 0.3) is 10.9 Å². The van der Waals surface area contributed by atoms with Gasteiger partial charge in [0.1, 0.15) is 5.82 Å². The van der Waals surface area contributed by atoms with Gasteiger partial charge in [0.05, 0.1) is 5.52 Å². The summed E-state index contributed by atoms with van der Waals surface area (Å²) in [5, 5.41) is 1.16. The minimum atomic E-state index is -0.0816. The molecule has 3 heteroatoms. The Labute approximate surface area is 132 Å². The van der Waals surface area contributed by atoms with Crippen LogP contribution in [0.5, 0.6) is 0 Å². The molecule has 0 saturated carbocycles. The van der Waals surface area contributed by atoms with E-state index in [1.807, 2.05) is 13.0 Å². The third-order valence-corrected chi connectivity index (χ3v) is 4.71. The second-order valence-electron chi connectivity index (χ2n) is 7.35. The van der Waals surface area contributed by atoms with Gasteiger partial charge < -0.3 is 9.30 Å². The lowest BCUT2D eigenvalue weighted by atomic mass is 9.91. The van der Waals surface area contributed by atoms with E-state index in [0.717, 1.165) is 48.9 Å². The molecule has 1 fully saturated rings. The zero-order chi connectivity index (χ0) is 15.9. The average Bonchev–Trinajstić information content (AvgIpc) is 2.85. The predicted octanol–water partition coefficient (Wildman–Crippen LogP) is 4.99. The summed E-state index contributed by atoms with van der Waals surface area (Å²) in [6.07, 6.45) is 2.74. The first-order valence-corrected chi connectivity index (χ1v) is 8.33. The number of ether oxygens (including phenoxy) is 1. The van der Waals surface area contributed by atoms with Crippen LogP contribution in [-0.2, 0) is 16.6 Å². The molecule has 1 saturated heterocycles. The molecule has 1 aliphatic rings. The molecule has 0 atom stereocenters. The highest BCUT2D eigenvalue weighted by molar-refractivity contribution is 5.83. The molecule has 22 heavy (non-hydrogen) atoms. The Balaban J connectivity index is 2.23. The summed E-state index contributed by atoms with van der Waals surface area (Å²) in [4.78, 5) is 0. The van der Waals surface area contributed by atoms with Crippen LogP contribution in [0, 0.1) is 5.82 Å². The number of hydrogen-bond acceptors (Lipinski definition) is 1. The van der Waals surface area contributed by atoms with Gasteiger partial charge in [-0.15, -0.1) is 0 Å². The van der Waals surface area contributed by atoms with Crippen LogP contribution < -0.4 is 0 Å². The Morgan fingerprint density at radius 3 is 2.45 bits per heavy atom. The van der Waals surface area contributed by atoms with E-state index < -0.39 is 0 Å². The lowest BCUT2D eigenvalue weighted by molar-refractivity contribution is 0.0694. The van der Waals surface area contributed by atoms with Crippen LogP contribution in [0.4, 0.5) is 4.39 Å². The maximum Gasteiger partial charge on any atom is 0.128 e. The van der Waals surface area contributed by atoms with Gasteiger partial charge in [-0.1, -0.05) is 27.7 Å². The van der Waals surface area contributed by atoms with Crippen molar-refractivity contribution in [2.75, 3.05) is 13.2 Å². The molecule has 3 rings (SSSR count). The van der Waals surface area contributed by atoms with Gasteiger partial charge in [0.2, 0.25) is 0 Å². The predicted molar refractivity (Wildman–Crippen MR) is 89.1 cm³/mol. The van der Waals surface area contributed by atoms with Crippen molar-refractivity contribution in [3.63, 3.8) is 0 Å². The van der Waals surface area contributed by atoms with Gasteiger partial charge in [0.25, 0.3) is 0 Å². The number of halogens is 1. The zero-order valence-corrected chi connectivity index (χ0v) is 14.1.